The van der Waals surface area contributed by atoms with Crippen molar-refractivity contribution < 1.29 is 9.47 Å². The topological polar surface area (TPSA) is 33.7 Å². The molecule has 1 unspecified atom stereocenters. The Morgan fingerprint density at radius 1 is 1.10 bits per heavy atom. The molecule has 2 atom stereocenters. The Morgan fingerprint density at radius 3 is 2.55 bits per heavy atom. The summed E-state index contributed by atoms with van der Waals surface area (Å²) in [6.07, 6.45) is 7.44. The molecule has 4 nitrogen and oxygen atoms in total. The van der Waals surface area contributed by atoms with Gasteiger partial charge in [0, 0.05) is 38.8 Å². The summed E-state index contributed by atoms with van der Waals surface area (Å²) in [5.74, 6) is 0.906. The Labute approximate surface area is 123 Å². The quantitative estimate of drug-likeness (QED) is 0.831. The first-order valence-electron chi connectivity index (χ1n) is 8.36. The van der Waals surface area contributed by atoms with Crippen LogP contribution in [0.5, 0.6) is 0 Å². The van der Waals surface area contributed by atoms with Crippen LogP contribution in [0.4, 0.5) is 0 Å². The van der Waals surface area contributed by atoms with E-state index >= 15 is 0 Å². The minimum absolute atomic E-state index is 0.467. The minimum atomic E-state index is 0.467. The largest absolute Gasteiger partial charge is 0.379 e. The van der Waals surface area contributed by atoms with Crippen molar-refractivity contribution in [1.82, 2.24) is 10.2 Å². The Kier molecular flexibility index (Phi) is 4.97. The number of rotatable bonds is 5. The van der Waals surface area contributed by atoms with E-state index in [0.29, 0.717) is 24.3 Å². The number of hydrogen-bond acceptors (Lipinski definition) is 4. The zero-order chi connectivity index (χ0) is 13.9. The molecule has 0 bridgehead atoms. The van der Waals surface area contributed by atoms with Gasteiger partial charge >= 0.3 is 0 Å². The van der Waals surface area contributed by atoms with Crippen LogP contribution in [0.25, 0.3) is 0 Å². The molecular formula is C16H30N2O2. The zero-order valence-electron chi connectivity index (χ0n) is 13.0. The molecule has 2 saturated heterocycles. The van der Waals surface area contributed by atoms with E-state index in [0.717, 1.165) is 32.2 Å². The second-order valence-corrected chi connectivity index (χ2v) is 7.02. The van der Waals surface area contributed by atoms with Crippen molar-refractivity contribution in [1.29, 1.82) is 0 Å². The van der Waals surface area contributed by atoms with Crippen molar-refractivity contribution in [2.75, 3.05) is 33.4 Å². The average molecular weight is 282 g/mol. The summed E-state index contributed by atoms with van der Waals surface area (Å²) in [4.78, 5) is 2.55. The van der Waals surface area contributed by atoms with Gasteiger partial charge in [0.05, 0.1) is 18.8 Å². The fourth-order valence-electron chi connectivity index (χ4n) is 3.77. The highest BCUT2D eigenvalue weighted by Crippen LogP contribution is 2.26. The second kappa shape index (κ2) is 6.73. The summed E-state index contributed by atoms with van der Waals surface area (Å²) >= 11 is 0. The Morgan fingerprint density at radius 2 is 1.85 bits per heavy atom. The van der Waals surface area contributed by atoms with Crippen molar-refractivity contribution in [2.24, 2.45) is 5.92 Å². The number of hydrogen-bond donors (Lipinski definition) is 1. The third kappa shape index (κ3) is 3.53. The number of nitrogens with one attached hydrogen (secondary N) is 1. The molecular weight excluding hydrogens is 252 g/mol. The molecule has 0 amide bonds. The lowest BCUT2D eigenvalue weighted by atomic mass is 9.89. The predicted molar refractivity (Wildman–Crippen MR) is 79.9 cm³/mol. The van der Waals surface area contributed by atoms with Crippen molar-refractivity contribution >= 4 is 0 Å². The molecule has 1 aliphatic carbocycles. The van der Waals surface area contributed by atoms with Gasteiger partial charge in [0.25, 0.3) is 0 Å². The van der Waals surface area contributed by atoms with E-state index in [-0.39, 0.29) is 0 Å². The first-order chi connectivity index (χ1) is 9.74. The SMILES string of the molecule is COC1CN([C@@H]2CNC(CO[C@H]3CC[C@H](C)CC3)C2)C1. The minimum Gasteiger partial charge on any atom is -0.379 e. The van der Waals surface area contributed by atoms with Gasteiger partial charge in [-0.3, -0.25) is 4.90 Å². The van der Waals surface area contributed by atoms with E-state index in [4.69, 9.17) is 9.47 Å². The third-order valence-electron chi connectivity index (χ3n) is 5.42. The van der Waals surface area contributed by atoms with Gasteiger partial charge in [-0.05, 0) is 38.0 Å². The van der Waals surface area contributed by atoms with E-state index in [1.54, 1.807) is 0 Å². The Hall–Kier alpha value is -0.160. The second-order valence-electron chi connectivity index (χ2n) is 7.02. The van der Waals surface area contributed by atoms with Crippen molar-refractivity contribution in [3.05, 3.63) is 0 Å². The molecule has 2 heterocycles. The molecule has 20 heavy (non-hydrogen) atoms. The van der Waals surface area contributed by atoms with Crippen molar-refractivity contribution in [2.45, 2.75) is 63.3 Å². The summed E-state index contributed by atoms with van der Waals surface area (Å²) in [5, 5.41) is 3.63. The van der Waals surface area contributed by atoms with E-state index in [2.05, 4.69) is 17.1 Å². The lowest BCUT2D eigenvalue weighted by Gasteiger charge is -2.42. The third-order valence-corrected chi connectivity index (χ3v) is 5.42. The highest BCUT2D eigenvalue weighted by atomic mass is 16.5. The average Bonchev–Trinajstić information content (AvgIpc) is 2.86. The molecule has 0 aromatic rings. The maximum absolute atomic E-state index is 6.13. The van der Waals surface area contributed by atoms with Crippen molar-refractivity contribution in [3.63, 3.8) is 0 Å². The molecule has 116 valence electrons. The van der Waals surface area contributed by atoms with Crippen LogP contribution >= 0.6 is 0 Å². The van der Waals surface area contributed by atoms with E-state index in [1.165, 1.54) is 32.1 Å². The smallest absolute Gasteiger partial charge is 0.0825 e. The van der Waals surface area contributed by atoms with Gasteiger partial charge < -0.3 is 14.8 Å². The zero-order valence-corrected chi connectivity index (χ0v) is 13.0. The Balaban J connectivity index is 1.32. The fourth-order valence-corrected chi connectivity index (χ4v) is 3.77. The molecule has 0 aromatic heterocycles. The van der Waals surface area contributed by atoms with E-state index < -0.39 is 0 Å². The Bertz CT molecular complexity index is 299. The van der Waals surface area contributed by atoms with Gasteiger partial charge in [-0.1, -0.05) is 6.92 Å². The molecule has 4 heteroatoms. The summed E-state index contributed by atoms with van der Waals surface area (Å²) in [7, 11) is 1.82. The van der Waals surface area contributed by atoms with Crippen LogP contribution in [0.15, 0.2) is 0 Å². The molecule has 0 aromatic carbocycles. The molecule has 2 aliphatic heterocycles. The van der Waals surface area contributed by atoms with E-state index in [9.17, 15) is 0 Å². The highest BCUT2D eigenvalue weighted by Gasteiger charge is 2.36. The number of methoxy groups -OCH3 is 1. The summed E-state index contributed by atoms with van der Waals surface area (Å²) in [6, 6.07) is 1.25. The maximum atomic E-state index is 6.13. The highest BCUT2D eigenvalue weighted by molar-refractivity contribution is 4.94. The lowest BCUT2D eigenvalue weighted by molar-refractivity contribution is -0.0481. The number of nitrogens with zero attached hydrogens (tertiary/aromatic N) is 1. The summed E-state index contributed by atoms with van der Waals surface area (Å²) in [5.41, 5.74) is 0. The number of likely N-dealkylation sites (tertiary alicyclic amines) is 1. The molecule has 0 radical (unpaired) electrons. The van der Waals surface area contributed by atoms with Gasteiger partial charge in [0.1, 0.15) is 0 Å². The monoisotopic (exact) mass is 282 g/mol. The van der Waals surface area contributed by atoms with E-state index in [1.807, 2.05) is 7.11 Å². The summed E-state index contributed by atoms with van der Waals surface area (Å²) < 4.78 is 11.5. The normalized spacial score (nSPS) is 39.9. The summed E-state index contributed by atoms with van der Waals surface area (Å²) in [6.45, 7) is 6.59. The van der Waals surface area contributed by atoms with Gasteiger partial charge in [0.2, 0.25) is 0 Å². The van der Waals surface area contributed by atoms with Gasteiger partial charge in [-0.15, -0.1) is 0 Å². The lowest BCUT2D eigenvalue weighted by Crippen LogP contribution is -2.56. The fraction of sp³-hybridized carbons (Fsp3) is 1.00. The molecule has 3 fully saturated rings. The van der Waals surface area contributed by atoms with Gasteiger partial charge in [-0.2, -0.15) is 0 Å². The molecule has 3 aliphatic rings. The van der Waals surface area contributed by atoms with Crippen LogP contribution < -0.4 is 5.32 Å². The van der Waals surface area contributed by atoms with Crippen LogP contribution in [0, 0.1) is 5.92 Å². The number of ether oxygens (including phenoxy) is 2. The first kappa shape index (κ1) is 14.8. The van der Waals surface area contributed by atoms with Crippen molar-refractivity contribution in [3.8, 4) is 0 Å². The van der Waals surface area contributed by atoms with Crippen LogP contribution in [0.1, 0.15) is 39.0 Å². The van der Waals surface area contributed by atoms with Crippen LogP contribution in [-0.2, 0) is 9.47 Å². The predicted octanol–water partition coefficient (Wildman–Crippen LogP) is 1.64. The van der Waals surface area contributed by atoms with Crippen LogP contribution in [0.3, 0.4) is 0 Å². The molecule has 1 N–H and O–H groups in total. The molecule has 0 spiro atoms. The molecule has 3 rings (SSSR count). The van der Waals surface area contributed by atoms with Gasteiger partial charge in [0.15, 0.2) is 0 Å². The molecule has 1 saturated carbocycles. The standard InChI is InChI=1S/C16H30N2O2/c1-12-3-5-15(6-4-12)20-11-13-7-14(8-17-13)18-9-16(10-18)19-2/h12-17H,3-11H2,1-2H3/t12-,13?,14-,15-/m0/s1. The van der Waals surface area contributed by atoms with Crippen LogP contribution in [-0.4, -0.2) is 62.5 Å². The van der Waals surface area contributed by atoms with Gasteiger partial charge in [-0.25, -0.2) is 0 Å². The van der Waals surface area contributed by atoms with Crippen LogP contribution in [0.2, 0.25) is 0 Å². The first-order valence-corrected chi connectivity index (χ1v) is 8.36. The maximum Gasteiger partial charge on any atom is 0.0825 e.